The molecular weight excluding hydrogens is 178 g/mol. The molecule has 0 fully saturated rings. The van der Waals surface area contributed by atoms with E-state index in [1.54, 1.807) is 0 Å². The Balaban J connectivity index is 4.26. The fourth-order valence-electron chi connectivity index (χ4n) is 1.75. The molecule has 0 saturated heterocycles. The van der Waals surface area contributed by atoms with Crippen molar-refractivity contribution in [1.82, 2.24) is 5.32 Å². The van der Waals surface area contributed by atoms with Gasteiger partial charge in [0, 0.05) is 5.54 Å². The number of hydrogen-bond donors (Lipinski definition) is 1. The maximum Gasteiger partial charge on any atom is 0.307 e. The summed E-state index contributed by atoms with van der Waals surface area (Å²) in [6.07, 6.45) is 3.52. The van der Waals surface area contributed by atoms with Crippen LogP contribution < -0.4 is 5.32 Å². The van der Waals surface area contributed by atoms with E-state index in [2.05, 4.69) is 19.2 Å². The second kappa shape index (κ2) is 6.82. The predicted octanol–water partition coefficient (Wildman–Crippen LogP) is 2.11. The summed E-state index contributed by atoms with van der Waals surface area (Å²) in [5.74, 6) is -0.0999. The van der Waals surface area contributed by atoms with Gasteiger partial charge in [0.1, 0.15) is 0 Å². The standard InChI is InChI=1S/C11H23NO2/c1-5-8-11(6-2,12-4)9-10(13)14-7-3/h12H,5-9H2,1-4H3. The van der Waals surface area contributed by atoms with Crippen LogP contribution in [0.2, 0.25) is 0 Å². The molecule has 14 heavy (non-hydrogen) atoms. The Morgan fingerprint density at radius 1 is 1.36 bits per heavy atom. The molecule has 0 heterocycles. The van der Waals surface area contributed by atoms with E-state index in [1.807, 2.05) is 14.0 Å². The molecule has 0 bridgehead atoms. The minimum Gasteiger partial charge on any atom is -0.466 e. The summed E-state index contributed by atoms with van der Waals surface area (Å²) in [5, 5.41) is 3.25. The average molecular weight is 201 g/mol. The minimum absolute atomic E-state index is 0.0684. The first kappa shape index (κ1) is 13.4. The molecule has 3 heteroatoms. The van der Waals surface area contributed by atoms with Crippen molar-refractivity contribution >= 4 is 5.97 Å². The zero-order valence-electron chi connectivity index (χ0n) is 9.85. The first-order valence-electron chi connectivity index (χ1n) is 5.48. The van der Waals surface area contributed by atoms with Gasteiger partial charge in [-0.15, -0.1) is 0 Å². The topological polar surface area (TPSA) is 38.3 Å². The molecule has 1 N–H and O–H groups in total. The van der Waals surface area contributed by atoms with Crippen LogP contribution >= 0.6 is 0 Å². The van der Waals surface area contributed by atoms with Gasteiger partial charge in [-0.2, -0.15) is 0 Å². The van der Waals surface area contributed by atoms with Crippen LogP contribution in [0, 0.1) is 0 Å². The SMILES string of the molecule is CCCC(CC)(CC(=O)OCC)NC. The Morgan fingerprint density at radius 2 is 2.00 bits per heavy atom. The number of carbonyl (C=O) groups excluding carboxylic acids is 1. The molecule has 0 aliphatic carbocycles. The van der Waals surface area contributed by atoms with Gasteiger partial charge in [-0.25, -0.2) is 0 Å². The summed E-state index contributed by atoms with van der Waals surface area (Å²) in [4.78, 5) is 11.4. The van der Waals surface area contributed by atoms with Crippen LogP contribution in [0.5, 0.6) is 0 Å². The van der Waals surface area contributed by atoms with E-state index in [1.165, 1.54) is 0 Å². The van der Waals surface area contributed by atoms with Crippen LogP contribution in [0.3, 0.4) is 0 Å². The van der Waals surface area contributed by atoms with E-state index in [4.69, 9.17) is 4.74 Å². The van der Waals surface area contributed by atoms with Gasteiger partial charge in [-0.1, -0.05) is 20.3 Å². The minimum atomic E-state index is -0.0999. The average Bonchev–Trinajstić information content (AvgIpc) is 2.17. The van der Waals surface area contributed by atoms with Crippen LogP contribution in [0.15, 0.2) is 0 Å². The summed E-state index contributed by atoms with van der Waals surface area (Å²) in [5.41, 5.74) is -0.0684. The quantitative estimate of drug-likeness (QED) is 0.641. The first-order chi connectivity index (χ1) is 6.64. The molecule has 0 amide bonds. The Kier molecular flexibility index (Phi) is 6.54. The maximum atomic E-state index is 11.4. The second-order valence-corrected chi connectivity index (χ2v) is 3.62. The van der Waals surface area contributed by atoms with Crippen LogP contribution in [0.4, 0.5) is 0 Å². The Labute approximate surface area is 87.2 Å². The zero-order chi connectivity index (χ0) is 11.0. The molecule has 0 aromatic heterocycles. The van der Waals surface area contributed by atoms with Gasteiger partial charge in [0.15, 0.2) is 0 Å². The Bertz CT molecular complexity index is 165. The van der Waals surface area contributed by atoms with Crippen molar-refractivity contribution in [3.8, 4) is 0 Å². The normalized spacial score (nSPS) is 14.9. The molecule has 0 saturated carbocycles. The monoisotopic (exact) mass is 201 g/mol. The Hall–Kier alpha value is -0.570. The largest absolute Gasteiger partial charge is 0.466 e. The lowest BCUT2D eigenvalue weighted by Crippen LogP contribution is -2.44. The molecule has 0 aliphatic heterocycles. The second-order valence-electron chi connectivity index (χ2n) is 3.62. The molecule has 84 valence electrons. The summed E-state index contributed by atoms with van der Waals surface area (Å²) >= 11 is 0. The van der Waals surface area contributed by atoms with E-state index < -0.39 is 0 Å². The highest BCUT2D eigenvalue weighted by molar-refractivity contribution is 5.70. The lowest BCUT2D eigenvalue weighted by Gasteiger charge is -2.31. The Morgan fingerprint density at radius 3 is 2.36 bits per heavy atom. The molecule has 0 rings (SSSR count). The smallest absolute Gasteiger partial charge is 0.307 e. The van der Waals surface area contributed by atoms with E-state index >= 15 is 0 Å². The molecule has 0 aromatic rings. The predicted molar refractivity (Wildman–Crippen MR) is 58.2 cm³/mol. The van der Waals surface area contributed by atoms with Gasteiger partial charge >= 0.3 is 5.97 Å². The third-order valence-corrected chi connectivity index (χ3v) is 2.72. The maximum absolute atomic E-state index is 11.4. The summed E-state index contributed by atoms with van der Waals surface area (Å²) < 4.78 is 4.97. The molecule has 0 aliphatic rings. The van der Waals surface area contributed by atoms with Crippen LogP contribution in [0.1, 0.15) is 46.5 Å². The third kappa shape index (κ3) is 4.09. The number of ether oxygens (including phenoxy) is 1. The number of nitrogens with one attached hydrogen (secondary N) is 1. The van der Waals surface area contributed by atoms with Crippen molar-refractivity contribution in [1.29, 1.82) is 0 Å². The van der Waals surface area contributed by atoms with Crippen molar-refractivity contribution in [3.05, 3.63) is 0 Å². The first-order valence-corrected chi connectivity index (χ1v) is 5.48. The van der Waals surface area contributed by atoms with E-state index in [0.29, 0.717) is 13.0 Å². The number of hydrogen-bond acceptors (Lipinski definition) is 3. The van der Waals surface area contributed by atoms with Crippen molar-refractivity contribution in [3.63, 3.8) is 0 Å². The van der Waals surface area contributed by atoms with Crippen molar-refractivity contribution in [2.45, 2.75) is 52.0 Å². The highest BCUT2D eigenvalue weighted by Gasteiger charge is 2.28. The highest BCUT2D eigenvalue weighted by Crippen LogP contribution is 2.21. The van der Waals surface area contributed by atoms with Gasteiger partial charge < -0.3 is 10.1 Å². The molecule has 3 nitrogen and oxygen atoms in total. The number of rotatable bonds is 7. The molecule has 0 spiro atoms. The molecule has 0 aromatic carbocycles. The molecule has 1 atom stereocenters. The fourth-order valence-corrected chi connectivity index (χ4v) is 1.75. The highest BCUT2D eigenvalue weighted by atomic mass is 16.5. The lowest BCUT2D eigenvalue weighted by molar-refractivity contribution is -0.145. The zero-order valence-corrected chi connectivity index (χ0v) is 9.85. The van der Waals surface area contributed by atoms with Crippen molar-refractivity contribution < 1.29 is 9.53 Å². The van der Waals surface area contributed by atoms with Crippen molar-refractivity contribution in [2.24, 2.45) is 0 Å². The third-order valence-electron chi connectivity index (χ3n) is 2.72. The van der Waals surface area contributed by atoms with Gasteiger partial charge in [0.25, 0.3) is 0 Å². The van der Waals surface area contributed by atoms with E-state index in [9.17, 15) is 4.79 Å². The van der Waals surface area contributed by atoms with Gasteiger partial charge in [-0.3, -0.25) is 4.79 Å². The van der Waals surface area contributed by atoms with Gasteiger partial charge in [-0.05, 0) is 26.8 Å². The summed E-state index contributed by atoms with van der Waals surface area (Å²) in [6.45, 7) is 6.54. The van der Waals surface area contributed by atoms with Crippen LogP contribution in [-0.2, 0) is 9.53 Å². The fraction of sp³-hybridized carbons (Fsp3) is 0.909. The summed E-state index contributed by atoms with van der Waals surface area (Å²) in [7, 11) is 1.92. The van der Waals surface area contributed by atoms with E-state index in [0.717, 1.165) is 19.3 Å². The molecular formula is C11H23NO2. The van der Waals surface area contributed by atoms with Gasteiger partial charge in [0.2, 0.25) is 0 Å². The van der Waals surface area contributed by atoms with Crippen LogP contribution in [0.25, 0.3) is 0 Å². The van der Waals surface area contributed by atoms with E-state index in [-0.39, 0.29) is 11.5 Å². The number of esters is 1. The van der Waals surface area contributed by atoms with Crippen LogP contribution in [-0.4, -0.2) is 25.2 Å². The summed E-state index contributed by atoms with van der Waals surface area (Å²) in [6, 6.07) is 0. The molecule has 1 unspecified atom stereocenters. The lowest BCUT2D eigenvalue weighted by atomic mass is 9.87. The van der Waals surface area contributed by atoms with Crippen molar-refractivity contribution in [2.75, 3.05) is 13.7 Å². The number of carbonyl (C=O) groups is 1. The van der Waals surface area contributed by atoms with Gasteiger partial charge in [0.05, 0.1) is 13.0 Å². The molecule has 0 radical (unpaired) electrons.